The molecule has 0 spiro atoms. The molecular formula is C14H21N3OS. The number of hydrogen-bond donors (Lipinski definition) is 2. The van der Waals surface area contributed by atoms with Crippen LogP contribution in [0.25, 0.3) is 0 Å². The van der Waals surface area contributed by atoms with Crippen LogP contribution in [-0.4, -0.2) is 12.5 Å². The second-order valence-electron chi connectivity index (χ2n) is 4.60. The van der Waals surface area contributed by atoms with E-state index in [1.807, 2.05) is 13.8 Å². The number of carbonyl (C=O) groups excluding carboxylic acids is 1. The predicted molar refractivity (Wildman–Crippen MR) is 79.3 cm³/mol. The van der Waals surface area contributed by atoms with Crippen molar-refractivity contribution in [2.24, 2.45) is 5.73 Å². The lowest BCUT2D eigenvalue weighted by Gasteiger charge is -2.03. The van der Waals surface area contributed by atoms with Crippen LogP contribution in [0.5, 0.6) is 0 Å². The van der Waals surface area contributed by atoms with Crippen LogP contribution in [0, 0.1) is 25.2 Å². The predicted octanol–water partition coefficient (Wildman–Crippen LogP) is 3.08. The van der Waals surface area contributed by atoms with Gasteiger partial charge in [-0.3, -0.25) is 4.79 Å². The second-order valence-corrected chi connectivity index (χ2v) is 5.82. The van der Waals surface area contributed by atoms with Crippen LogP contribution in [0.15, 0.2) is 0 Å². The van der Waals surface area contributed by atoms with Crippen LogP contribution in [-0.2, 0) is 4.79 Å². The van der Waals surface area contributed by atoms with Crippen molar-refractivity contribution in [2.75, 3.05) is 11.9 Å². The lowest BCUT2D eigenvalue weighted by Crippen LogP contribution is -2.11. The zero-order chi connectivity index (χ0) is 14.3. The van der Waals surface area contributed by atoms with Gasteiger partial charge in [-0.2, -0.15) is 5.26 Å². The highest BCUT2D eigenvalue weighted by molar-refractivity contribution is 7.16. The van der Waals surface area contributed by atoms with Crippen molar-refractivity contribution in [3.8, 4) is 6.07 Å². The molecule has 19 heavy (non-hydrogen) atoms. The van der Waals surface area contributed by atoms with Gasteiger partial charge in [-0.05, 0) is 38.8 Å². The number of nitrogens with one attached hydrogen (secondary N) is 1. The van der Waals surface area contributed by atoms with Crippen LogP contribution >= 0.6 is 11.3 Å². The molecule has 1 aromatic rings. The molecule has 0 aliphatic rings. The Bertz CT molecular complexity index is 474. The standard InChI is InChI=1S/C14H21N3OS/c1-10-11(2)19-14(12(10)9-16)17-13(18)7-5-3-4-6-8-15/h3-8,15H2,1-2H3,(H,17,18). The number of rotatable bonds is 7. The average molecular weight is 279 g/mol. The molecule has 1 heterocycles. The summed E-state index contributed by atoms with van der Waals surface area (Å²) >= 11 is 1.47. The fraction of sp³-hybridized carbons (Fsp3) is 0.571. The molecule has 0 radical (unpaired) electrons. The summed E-state index contributed by atoms with van der Waals surface area (Å²) in [6.45, 7) is 4.58. The number of nitriles is 1. The van der Waals surface area contributed by atoms with Gasteiger partial charge in [-0.15, -0.1) is 11.3 Å². The maximum absolute atomic E-state index is 11.8. The van der Waals surface area contributed by atoms with Crippen molar-refractivity contribution >= 4 is 22.2 Å². The topological polar surface area (TPSA) is 78.9 Å². The third kappa shape index (κ3) is 4.66. The molecule has 0 aliphatic heterocycles. The first kappa shape index (κ1) is 15.7. The Kier molecular flexibility index (Phi) is 6.54. The largest absolute Gasteiger partial charge is 0.330 e. The van der Waals surface area contributed by atoms with Gasteiger partial charge in [-0.25, -0.2) is 0 Å². The van der Waals surface area contributed by atoms with Gasteiger partial charge in [0.1, 0.15) is 11.1 Å². The maximum atomic E-state index is 11.8. The number of hydrogen-bond acceptors (Lipinski definition) is 4. The molecule has 0 saturated carbocycles. The Morgan fingerprint density at radius 3 is 2.63 bits per heavy atom. The first-order valence-corrected chi connectivity index (χ1v) is 7.41. The van der Waals surface area contributed by atoms with E-state index in [0.29, 0.717) is 23.5 Å². The van der Waals surface area contributed by atoms with Crippen LogP contribution in [0.2, 0.25) is 0 Å². The van der Waals surface area contributed by atoms with Gasteiger partial charge in [0, 0.05) is 11.3 Å². The smallest absolute Gasteiger partial charge is 0.225 e. The van der Waals surface area contributed by atoms with Crippen LogP contribution in [0.3, 0.4) is 0 Å². The van der Waals surface area contributed by atoms with Crippen molar-refractivity contribution in [2.45, 2.75) is 46.0 Å². The summed E-state index contributed by atoms with van der Waals surface area (Å²) in [6, 6.07) is 2.16. The van der Waals surface area contributed by atoms with E-state index in [4.69, 9.17) is 11.0 Å². The van der Waals surface area contributed by atoms with Crippen LogP contribution < -0.4 is 11.1 Å². The number of thiophene rings is 1. The van der Waals surface area contributed by atoms with Gasteiger partial charge < -0.3 is 11.1 Å². The molecular weight excluding hydrogens is 258 g/mol. The minimum absolute atomic E-state index is 0.00880. The van der Waals surface area contributed by atoms with E-state index in [2.05, 4.69) is 11.4 Å². The van der Waals surface area contributed by atoms with Crippen LogP contribution in [0.1, 0.15) is 48.1 Å². The number of unbranched alkanes of at least 4 members (excludes halogenated alkanes) is 3. The summed E-state index contributed by atoms with van der Waals surface area (Å²) in [4.78, 5) is 12.9. The molecule has 5 heteroatoms. The number of nitrogens with zero attached hydrogens (tertiary/aromatic N) is 1. The molecule has 4 nitrogen and oxygen atoms in total. The second kappa shape index (κ2) is 7.93. The molecule has 1 aromatic heterocycles. The van der Waals surface area contributed by atoms with E-state index < -0.39 is 0 Å². The Morgan fingerprint density at radius 2 is 2.00 bits per heavy atom. The van der Waals surface area contributed by atoms with Gasteiger partial charge in [0.05, 0.1) is 5.56 Å². The number of nitrogens with two attached hydrogens (primary N) is 1. The number of aryl methyl sites for hydroxylation is 1. The Labute approximate surface area is 118 Å². The van der Waals surface area contributed by atoms with E-state index >= 15 is 0 Å². The Morgan fingerprint density at radius 1 is 1.32 bits per heavy atom. The number of anilines is 1. The molecule has 0 aliphatic carbocycles. The van der Waals surface area contributed by atoms with Crippen molar-refractivity contribution in [1.82, 2.24) is 0 Å². The lowest BCUT2D eigenvalue weighted by molar-refractivity contribution is -0.116. The first-order valence-electron chi connectivity index (χ1n) is 6.60. The SMILES string of the molecule is Cc1sc(NC(=O)CCCCCCN)c(C#N)c1C. The molecule has 0 atom stereocenters. The van der Waals surface area contributed by atoms with Crippen LogP contribution in [0.4, 0.5) is 5.00 Å². The third-order valence-corrected chi connectivity index (χ3v) is 4.23. The van der Waals surface area contributed by atoms with E-state index in [-0.39, 0.29) is 5.91 Å². The monoisotopic (exact) mass is 279 g/mol. The van der Waals surface area contributed by atoms with Gasteiger partial charge >= 0.3 is 0 Å². The van der Waals surface area contributed by atoms with Crippen molar-refractivity contribution in [3.05, 3.63) is 16.0 Å². The molecule has 104 valence electrons. The summed E-state index contributed by atoms with van der Waals surface area (Å²) in [6.07, 6.45) is 4.49. The summed E-state index contributed by atoms with van der Waals surface area (Å²) in [5, 5.41) is 12.6. The van der Waals surface area contributed by atoms with Crippen molar-refractivity contribution in [1.29, 1.82) is 5.26 Å². The van der Waals surface area contributed by atoms with Gasteiger partial charge in [0.25, 0.3) is 0 Å². The average Bonchev–Trinajstić information content (AvgIpc) is 2.64. The summed E-state index contributed by atoms with van der Waals surface area (Å²) in [7, 11) is 0. The number of carbonyl (C=O) groups is 1. The van der Waals surface area contributed by atoms with E-state index in [1.165, 1.54) is 11.3 Å². The fourth-order valence-corrected chi connectivity index (χ4v) is 2.85. The molecule has 0 bridgehead atoms. The summed E-state index contributed by atoms with van der Waals surface area (Å²) < 4.78 is 0. The first-order chi connectivity index (χ1) is 9.10. The minimum atomic E-state index is -0.00880. The van der Waals surface area contributed by atoms with Crippen molar-refractivity contribution in [3.63, 3.8) is 0 Å². The zero-order valence-corrected chi connectivity index (χ0v) is 12.4. The van der Waals surface area contributed by atoms with E-state index in [9.17, 15) is 4.79 Å². The van der Waals surface area contributed by atoms with E-state index in [0.717, 1.165) is 36.1 Å². The quantitative estimate of drug-likeness (QED) is 0.753. The third-order valence-electron chi connectivity index (χ3n) is 3.11. The highest BCUT2D eigenvalue weighted by Crippen LogP contribution is 2.31. The number of amides is 1. The van der Waals surface area contributed by atoms with Crippen molar-refractivity contribution < 1.29 is 4.79 Å². The molecule has 0 fully saturated rings. The highest BCUT2D eigenvalue weighted by Gasteiger charge is 2.14. The van der Waals surface area contributed by atoms with Gasteiger partial charge in [-0.1, -0.05) is 12.8 Å². The fourth-order valence-electron chi connectivity index (χ4n) is 1.82. The zero-order valence-electron chi connectivity index (χ0n) is 11.6. The molecule has 1 rings (SSSR count). The highest BCUT2D eigenvalue weighted by atomic mass is 32.1. The lowest BCUT2D eigenvalue weighted by atomic mass is 10.1. The molecule has 3 N–H and O–H groups in total. The Balaban J connectivity index is 2.45. The van der Waals surface area contributed by atoms with Gasteiger partial charge in [0.15, 0.2) is 0 Å². The minimum Gasteiger partial charge on any atom is -0.330 e. The Hall–Kier alpha value is -1.38. The van der Waals surface area contributed by atoms with E-state index in [1.54, 1.807) is 0 Å². The molecule has 0 saturated heterocycles. The molecule has 0 unspecified atom stereocenters. The van der Waals surface area contributed by atoms with Gasteiger partial charge in [0.2, 0.25) is 5.91 Å². The summed E-state index contributed by atoms with van der Waals surface area (Å²) in [5.41, 5.74) is 6.97. The summed E-state index contributed by atoms with van der Waals surface area (Å²) in [5.74, 6) is -0.00880. The maximum Gasteiger partial charge on any atom is 0.225 e. The molecule has 0 aromatic carbocycles. The molecule has 1 amide bonds. The normalized spacial score (nSPS) is 10.2.